The molecule has 23 heavy (non-hydrogen) atoms. The minimum Gasteiger partial charge on any atom is -0.377 e. The van der Waals surface area contributed by atoms with E-state index in [0.29, 0.717) is 18.9 Å². The second-order valence-corrected chi connectivity index (χ2v) is 8.21. The lowest BCUT2D eigenvalue weighted by molar-refractivity contribution is 0.134. The van der Waals surface area contributed by atoms with Crippen molar-refractivity contribution in [2.24, 2.45) is 0 Å². The number of rotatable bonds is 4. The van der Waals surface area contributed by atoms with Crippen LogP contribution in [-0.4, -0.2) is 49.5 Å². The Morgan fingerprint density at radius 2 is 2.04 bits per heavy atom. The van der Waals surface area contributed by atoms with E-state index in [-0.39, 0.29) is 24.4 Å². The van der Waals surface area contributed by atoms with Gasteiger partial charge in [0.25, 0.3) is 0 Å². The summed E-state index contributed by atoms with van der Waals surface area (Å²) in [4.78, 5) is 14.1. The Kier molecular flexibility index (Phi) is 5.64. The molecule has 1 aromatic rings. The van der Waals surface area contributed by atoms with Crippen LogP contribution in [0.15, 0.2) is 24.3 Å². The first-order valence-electron chi connectivity index (χ1n) is 7.81. The van der Waals surface area contributed by atoms with Gasteiger partial charge in [-0.3, -0.25) is 0 Å². The molecule has 1 aliphatic rings. The van der Waals surface area contributed by atoms with Gasteiger partial charge in [0, 0.05) is 30.4 Å². The highest BCUT2D eigenvalue weighted by molar-refractivity contribution is 7.92. The Morgan fingerprint density at radius 3 is 2.74 bits per heavy atom. The lowest BCUT2D eigenvalue weighted by Gasteiger charge is -2.37. The van der Waals surface area contributed by atoms with Gasteiger partial charge in [0.2, 0.25) is 0 Å². The Bertz CT molecular complexity index is 660. The number of sulfone groups is 1. The molecule has 2 atom stereocenters. The van der Waals surface area contributed by atoms with Crippen LogP contribution in [-0.2, 0) is 21.2 Å². The van der Waals surface area contributed by atoms with Gasteiger partial charge in [-0.2, -0.15) is 0 Å². The van der Waals surface area contributed by atoms with Gasteiger partial charge < -0.3 is 15.0 Å². The van der Waals surface area contributed by atoms with Crippen molar-refractivity contribution >= 4 is 21.6 Å². The second-order valence-electron chi connectivity index (χ2n) is 5.73. The van der Waals surface area contributed by atoms with Crippen LogP contribution in [0.25, 0.3) is 0 Å². The molecule has 1 N–H and O–H groups in total. The largest absolute Gasteiger partial charge is 0.377 e. The highest BCUT2D eigenvalue weighted by Crippen LogP contribution is 2.22. The van der Waals surface area contributed by atoms with Crippen molar-refractivity contribution in [2.75, 3.05) is 24.2 Å². The average molecular weight is 340 g/mol. The molecule has 1 aromatic carbocycles. The quantitative estimate of drug-likeness (QED) is 0.912. The molecule has 0 radical (unpaired) electrons. The third-order valence-electron chi connectivity index (χ3n) is 4.34. The molecule has 1 saturated heterocycles. The Hall–Kier alpha value is -1.60. The highest BCUT2D eigenvalue weighted by atomic mass is 32.2. The van der Waals surface area contributed by atoms with Crippen molar-refractivity contribution in [3.63, 3.8) is 0 Å². The van der Waals surface area contributed by atoms with Gasteiger partial charge in [-0.1, -0.05) is 18.2 Å². The van der Waals surface area contributed by atoms with Crippen molar-refractivity contribution < 1.29 is 17.9 Å². The van der Waals surface area contributed by atoms with Crippen molar-refractivity contribution in [1.82, 2.24) is 4.90 Å². The molecular formula is C16H24N2O4S. The van der Waals surface area contributed by atoms with E-state index in [1.165, 1.54) is 0 Å². The van der Waals surface area contributed by atoms with E-state index in [1.54, 1.807) is 18.7 Å². The van der Waals surface area contributed by atoms with E-state index in [0.717, 1.165) is 5.56 Å². The molecule has 0 aliphatic carbocycles. The topological polar surface area (TPSA) is 75.7 Å². The number of nitrogens with one attached hydrogen (secondary N) is 1. The molecule has 1 fully saturated rings. The maximum atomic E-state index is 12.5. The molecule has 0 saturated carbocycles. The van der Waals surface area contributed by atoms with Crippen molar-refractivity contribution in [3.8, 4) is 0 Å². The predicted octanol–water partition coefficient (Wildman–Crippen LogP) is 2.26. The number of carbonyl (C=O) groups excluding carboxylic acids is 1. The molecule has 2 rings (SSSR count). The van der Waals surface area contributed by atoms with Crippen LogP contribution in [0.2, 0.25) is 0 Å². The molecule has 0 unspecified atom stereocenters. The zero-order valence-corrected chi connectivity index (χ0v) is 14.6. The van der Waals surface area contributed by atoms with Crippen LogP contribution in [0.4, 0.5) is 10.5 Å². The van der Waals surface area contributed by atoms with Crippen LogP contribution in [0, 0.1) is 0 Å². The third kappa shape index (κ3) is 4.03. The van der Waals surface area contributed by atoms with Crippen LogP contribution in [0.3, 0.4) is 0 Å². The Balaban J connectivity index is 2.11. The summed E-state index contributed by atoms with van der Waals surface area (Å²) in [5.41, 5.74) is 1.59. The van der Waals surface area contributed by atoms with Gasteiger partial charge in [0.1, 0.15) is 0 Å². The Labute approximate surface area is 137 Å². The zero-order chi connectivity index (χ0) is 17.0. The van der Waals surface area contributed by atoms with Crippen molar-refractivity contribution in [1.29, 1.82) is 0 Å². The molecule has 1 aliphatic heterocycles. The second kappa shape index (κ2) is 7.31. The maximum Gasteiger partial charge on any atom is 0.322 e. The number of benzene rings is 1. The summed E-state index contributed by atoms with van der Waals surface area (Å²) in [6.07, 6.45) is 0. The van der Waals surface area contributed by atoms with Crippen molar-refractivity contribution in [3.05, 3.63) is 29.8 Å². The third-order valence-corrected chi connectivity index (χ3v) is 6.61. The average Bonchev–Trinajstić information content (AvgIpc) is 2.52. The van der Waals surface area contributed by atoms with Gasteiger partial charge in [-0.05, 0) is 26.8 Å². The number of ether oxygens (including phenoxy) is 1. The van der Waals surface area contributed by atoms with Gasteiger partial charge in [0.15, 0.2) is 9.84 Å². The van der Waals surface area contributed by atoms with Gasteiger partial charge >= 0.3 is 6.03 Å². The predicted molar refractivity (Wildman–Crippen MR) is 90.2 cm³/mol. The van der Waals surface area contributed by atoms with E-state index >= 15 is 0 Å². The van der Waals surface area contributed by atoms with E-state index < -0.39 is 15.1 Å². The molecule has 128 valence electrons. The van der Waals surface area contributed by atoms with E-state index in [4.69, 9.17) is 4.74 Å². The SMILES string of the molecule is CCOCc1ccccc1NC(=O)N1CCS(=O)(=O)[C@H](C)[C@@H]1C. The summed E-state index contributed by atoms with van der Waals surface area (Å²) in [7, 11) is -3.11. The summed E-state index contributed by atoms with van der Waals surface area (Å²) < 4.78 is 29.2. The van der Waals surface area contributed by atoms with Crippen LogP contribution in [0.5, 0.6) is 0 Å². The maximum absolute atomic E-state index is 12.5. The van der Waals surface area contributed by atoms with Crippen LogP contribution >= 0.6 is 0 Å². The molecule has 0 spiro atoms. The van der Waals surface area contributed by atoms with Gasteiger partial charge in [-0.25, -0.2) is 13.2 Å². The zero-order valence-electron chi connectivity index (χ0n) is 13.8. The smallest absolute Gasteiger partial charge is 0.322 e. The fourth-order valence-corrected chi connectivity index (χ4v) is 4.19. The molecule has 6 nitrogen and oxygen atoms in total. The molecule has 0 aromatic heterocycles. The molecule has 2 amide bonds. The number of carbonyl (C=O) groups is 1. The highest BCUT2D eigenvalue weighted by Gasteiger charge is 2.38. The van der Waals surface area contributed by atoms with Gasteiger partial charge in [-0.15, -0.1) is 0 Å². The lowest BCUT2D eigenvalue weighted by atomic mass is 10.2. The summed E-state index contributed by atoms with van der Waals surface area (Å²) in [5.74, 6) is 0.00647. The van der Waals surface area contributed by atoms with Crippen molar-refractivity contribution in [2.45, 2.75) is 38.7 Å². The number of nitrogens with zero attached hydrogens (tertiary/aromatic N) is 1. The van der Waals surface area contributed by atoms with E-state index in [9.17, 15) is 13.2 Å². The minimum atomic E-state index is -3.11. The standard InChI is InChI=1S/C16H24N2O4S/c1-4-22-11-14-7-5-6-8-15(14)17-16(19)18-9-10-23(20,21)13(3)12(18)2/h5-8,12-13H,4,9-11H2,1-3H3,(H,17,19)/t12-,13+/m0/s1. The normalized spacial score (nSPS) is 23.5. The number of anilines is 1. The fourth-order valence-electron chi connectivity index (χ4n) is 2.62. The number of amides is 2. The number of hydrogen-bond acceptors (Lipinski definition) is 4. The van der Waals surface area contributed by atoms with E-state index in [1.807, 2.05) is 31.2 Å². The number of urea groups is 1. The van der Waals surface area contributed by atoms with Crippen LogP contribution < -0.4 is 5.32 Å². The molecule has 0 bridgehead atoms. The van der Waals surface area contributed by atoms with E-state index in [2.05, 4.69) is 5.32 Å². The summed E-state index contributed by atoms with van der Waals surface area (Å²) in [5, 5.41) is 2.32. The summed E-state index contributed by atoms with van der Waals surface area (Å²) >= 11 is 0. The van der Waals surface area contributed by atoms with Crippen LogP contribution in [0.1, 0.15) is 26.3 Å². The lowest BCUT2D eigenvalue weighted by Crippen LogP contribution is -2.55. The Morgan fingerprint density at radius 1 is 1.35 bits per heavy atom. The number of hydrogen-bond donors (Lipinski definition) is 1. The molecule has 1 heterocycles. The molecular weight excluding hydrogens is 316 g/mol. The molecule has 7 heteroatoms. The summed E-state index contributed by atoms with van der Waals surface area (Å²) in [6.45, 7) is 6.58. The van der Waals surface area contributed by atoms with Gasteiger partial charge in [0.05, 0.1) is 17.6 Å². The number of para-hydroxylation sites is 1. The first-order valence-corrected chi connectivity index (χ1v) is 9.53. The first-order chi connectivity index (χ1) is 10.9. The summed E-state index contributed by atoms with van der Waals surface area (Å²) in [6, 6.07) is 6.83. The first kappa shape index (κ1) is 17.7. The fraction of sp³-hybridized carbons (Fsp3) is 0.562. The minimum absolute atomic E-state index is 0.00647. The monoisotopic (exact) mass is 340 g/mol.